The number of anilines is 2. The lowest BCUT2D eigenvalue weighted by molar-refractivity contribution is -0.117. The lowest BCUT2D eigenvalue weighted by Crippen LogP contribution is -2.49. The van der Waals surface area contributed by atoms with E-state index in [4.69, 9.17) is 11.6 Å². The van der Waals surface area contributed by atoms with Gasteiger partial charge in [-0.25, -0.2) is 13.5 Å². The smallest absolute Gasteiger partial charge is 0.287 e. The van der Waals surface area contributed by atoms with Crippen LogP contribution < -0.4 is 15.8 Å². The number of nitrogens with one attached hydrogen (secondary N) is 1. The van der Waals surface area contributed by atoms with Crippen molar-refractivity contribution in [3.05, 3.63) is 51.4 Å². The maximum absolute atomic E-state index is 12.5. The predicted molar refractivity (Wildman–Crippen MR) is 108 cm³/mol. The first kappa shape index (κ1) is 21.2. The number of carbonyl (C=O) groups excluding carboxylic acids is 1. The number of piperazine rings is 1. The summed E-state index contributed by atoms with van der Waals surface area (Å²) < 4.78 is 25.7. The molecule has 2 aromatic rings. The minimum absolute atomic E-state index is 0.100. The fourth-order valence-corrected chi connectivity index (χ4v) is 3.39. The molecule has 0 bridgehead atoms. The molecule has 0 radical (unpaired) electrons. The zero-order valence-corrected chi connectivity index (χ0v) is 16.7. The standard InChI is InChI=1S/C19H22ClF2N5O2/c1-13-2-4-14(5-3-13)24-17(28)12-25-6-8-26(9-7-25)15-10-23-27(11-16(21)22)19(29)18(15)20/h2-5,10,16H,6-9,11-12H2,1H3,(H,24,28). The second kappa shape index (κ2) is 9.32. The molecule has 0 spiro atoms. The second-order valence-electron chi connectivity index (χ2n) is 6.90. The molecule has 1 amide bonds. The van der Waals surface area contributed by atoms with Crippen LogP contribution in [0.25, 0.3) is 0 Å². The molecule has 1 saturated heterocycles. The molecule has 3 rings (SSSR count). The summed E-state index contributed by atoms with van der Waals surface area (Å²) in [5, 5.41) is 6.54. The van der Waals surface area contributed by atoms with Gasteiger partial charge < -0.3 is 10.2 Å². The van der Waals surface area contributed by atoms with E-state index in [-0.39, 0.29) is 17.5 Å². The van der Waals surface area contributed by atoms with E-state index < -0.39 is 18.5 Å². The minimum Gasteiger partial charge on any atom is -0.366 e. The number of nitrogens with zero attached hydrogens (tertiary/aromatic N) is 4. The number of carbonyl (C=O) groups is 1. The van der Waals surface area contributed by atoms with Crippen LogP contribution in [0.2, 0.25) is 5.02 Å². The van der Waals surface area contributed by atoms with Gasteiger partial charge in [-0.05, 0) is 19.1 Å². The Morgan fingerprint density at radius 1 is 1.21 bits per heavy atom. The molecule has 156 valence electrons. The summed E-state index contributed by atoms with van der Waals surface area (Å²) in [7, 11) is 0. The minimum atomic E-state index is -2.68. The second-order valence-corrected chi connectivity index (χ2v) is 7.28. The van der Waals surface area contributed by atoms with Crippen molar-refractivity contribution in [2.45, 2.75) is 19.9 Å². The van der Waals surface area contributed by atoms with Crippen molar-refractivity contribution in [3.63, 3.8) is 0 Å². The first-order valence-corrected chi connectivity index (χ1v) is 9.59. The summed E-state index contributed by atoms with van der Waals surface area (Å²) in [4.78, 5) is 28.2. The molecule has 1 aliphatic heterocycles. The highest BCUT2D eigenvalue weighted by Crippen LogP contribution is 2.22. The largest absolute Gasteiger partial charge is 0.366 e. The first-order chi connectivity index (χ1) is 13.8. The summed E-state index contributed by atoms with van der Waals surface area (Å²) in [6.45, 7) is 3.71. The van der Waals surface area contributed by atoms with Gasteiger partial charge in [0, 0.05) is 31.9 Å². The van der Waals surface area contributed by atoms with E-state index in [0.29, 0.717) is 36.5 Å². The summed E-state index contributed by atoms with van der Waals surface area (Å²) >= 11 is 6.10. The molecule has 1 N–H and O–H groups in total. The zero-order chi connectivity index (χ0) is 21.0. The van der Waals surface area contributed by atoms with E-state index >= 15 is 0 Å². The van der Waals surface area contributed by atoms with Gasteiger partial charge in [-0.3, -0.25) is 14.5 Å². The summed E-state index contributed by atoms with van der Waals surface area (Å²) in [6.07, 6.45) is -1.34. The Bertz CT molecular complexity index is 912. The molecule has 1 aromatic heterocycles. The number of alkyl halides is 2. The van der Waals surface area contributed by atoms with Crippen LogP contribution in [-0.2, 0) is 11.3 Å². The van der Waals surface area contributed by atoms with Crippen LogP contribution >= 0.6 is 11.6 Å². The molecule has 1 aromatic carbocycles. The highest BCUT2D eigenvalue weighted by Gasteiger charge is 2.23. The number of amides is 1. The Morgan fingerprint density at radius 3 is 2.48 bits per heavy atom. The first-order valence-electron chi connectivity index (χ1n) is 9.21. The van der Waals surface area contributed by atoms with Gasteiger partial charge in [0.1, 0.15) is 11.6 Å². The Morgan fingerprint density at radius 2 is 1.86 bits per heavy atom. The summed E-state index contributed by atoms with van der Waals surface area (Å²) in [6, 6.07) is 7.58. The van der Waals surface area contributed by atoms with Gasteiger partial charge in [-0.1, -0.05) is 29.3 Å². The Labute approximate surface area is 171 Å². The predicted octanol–water partition coefficient (Wildman–Crippen LogP) is 2.23. The average molecular weight is 426 g/mol. The fraction of sp³-hybridized carbons (Fsp3) is 0.421. The van der Waals surface area contributed by atoms with E-state index in [9.17, 15) is 18.4 Å². The van der Waals surface area contributed by atoms with E-state index in [1.807, 2.05) is 41.0 Å². The molecular formula is C19H22ClF2N5O2. The van der Waals surface area contributed by atoms with E-state index in [0.717, 1.165) is 11.3 Å². The maximum Gasteiger partial charge on any atom is 0.287 e. The van der Waals surface area contributed by atoms with Crippen LogP contribution in [0, 0.1) is 6.92 Å². The number of hydrogen-bond donors (Lipinski definition) is 1. The van der Waals surface area contributed by atoms with Crippen molar-refractivity contribution < 1.29 is 13.6 Å². The molecule has 0 unspecified atom stereocenters. The van der Waals surface area contributed by atoms with Crippen LogP contribution in [0.3, 0.4) is 0 Å². The van der Waals surface area contributed by atoms with Gasteiger partial charge in [0.2, 0.25) is 5.91 Å². The number of halogens is 3. The van der Waals surface area contributed by atoms with Crippen molar-refractivity contribution in [1.82, 2.24) is 14.7 Å². The third kappa shape index (κ3) is 5.51. The number of hydrogen-bond acceptors (Lipinski definition) is 5. The lowest BCUT2D eigenvalue weighted by atomic mass is 10.2. The van der Waals surface area contributed by atoms with Crippen molar-refractivity contribution in [2.24, 2.45) is 0 Å². The monoisotopic (exact) mass is 425 g/mol. The SMILES string of the molecule is Cc1ccc(NC(=O)CN2CCN(c3cnn(CC(F)F)c(=O)c3Cl)CC2)cc1. The van der Waals surface area contributed by atoms with Crippen molar-refractivity contribution in [2.75, 3.05) is 42.9 Å². The van der Waals surface area contributed by atoms with Crippen molar-refractivity contribution in [1.29, 1.82) is 0 Å². The molecule has 10 heteroatoms. The highest BCUT2D eigenvalue weighted by molar-refractivity contribution is 6.33. The van der Waals surface area contributed by atoms with Crippen molar-refractivity contribution >= 4 is 28.9 Å². The lowest BCUT2D eigenvalue weighted by Gasteiger charge is -2.35. The van der Waals surface area contributed by atoms with E-state index in [1.54, 1.807) is 0 Å². The van der Waals surface area contributed by atoms with E-state index in [1.165, 1.54) is 6.20 Å². The Kier molecular flexibility index (Phi) is 6.81. The topological polar surface area (TPSA) is 70.5 Å². The fourth-order valence-electron chi connectivity index (χ4n) is 3.12. The quantitative estimate of drug-likeness (QED) is 0.768. The van der Waals surface area contributed by atoms with Gasteiger partial charge in [0.15, 0.2) is 0 Å². The van der Waals surface area contributed by atoms with Gasteiger partial charge in [-0.2, -0.15) is 5.10 Å². The van der Waals surface area contributed by atoms with E-state index in [2.05, 4.69) is 10.4 Å². The molecule has 0 aliphatic carbocycles. The number of aromatic nitrogens is 2. The molecule has 1 aliphatic rings. The van der Waals surface area contributed by atoms with Gasteiger partial charge in [-0.15, -0.1) is 0 Å². The molecule has 1 fully saturated rings. The van der Waals surface area contributed by atoms with Gasteiger partial charge in [0.05, 0.1) is 18.4 Å². The van der Waals surface area contributed by atoms with Crippen LogP contribution in [0.15, 0.2) is 35.3 Å². The third-order valence-electron chi connectivity index (χ3n) is 4.69. The summed E-state index contributed by atoms with van der Waals surface area (Å²) in [5.41, 5.74) is 1.56. The summed E-state index contributed by atoms with van der Waals surface area (Å²) in [5.74, 6) is -0.100. The van der Waals surface area contributed by atoms with Gasteiger partial charge >= 0.3 is 0 Å². The van der Waals surface area contributed by atoms with Crippen LogP contribution in [-0.4, -0.2) is 59.7 Å². The molecule has 0 atom stereocenters. The normalized spacial score (nSPS) is 15.0. The zero-order valence-electron chi connectivity index (χ0n) is 15.9. The molecule has 0 saturated carbocycles. The molecular weight excluding hydrogens is 404 g/mol. The number of aryl methyl sites for hydroxylation is 1. The molecule has 7 nitrogen and oxygen atoms in total. The maximum atomic E-state index is 12.5. The number of benzene rings is 1. The number of rotatable bonds is 6. The third-order valence-corrected chi connectivity index (χ3v) is 5.05. The van der Waals surface area contributed by atoms with Crippen LogP contribution in [0.4, 0.5) is 20.2 Å². The van der Waals surface area contributed by atoms with Crippen LogP contribution in [0.1, 0.15) is 5.56 Å². The highest BCUT2D eigenvalue weighted by atomic mass is 35.5. The Balaban J connectivity index is 1.55. The van der Waals surface area contributed by atoms with Gasteiger partial charge in [0.25, 0.3) is 12.0 Å². The van der Waals surface area contributed by atoms with Crippen molar-refractivity contribution in [3.8, 4) is 0 Å². The Hall–Kier alpha value is -2.52. The molecule has 2 heterocycles. The van der Waals surface area contributed by atoms with Crippen LogP contribution in [0.5, 0.6) is 0 Å². The average Bonchev–Trinajstić information content (AvgIpc) is 2.68. The molecule has 29 heavy (non-hydrogen) atoms.